The summed E-state index contributed by atoms with van der Waals surface area (Å²) in [7, 11) is 0. The summed E-state index contributed by atoms with van der Waals surface area (Å²) < 4.78 is 25.8. The number of halogens is 1. The first kappa shape index (κ1) is 17.5. The van der Waals surface area contributed by atoms with Gasteiger partial charge in [-0.3, -0.25) is 0 Å². The lowest BCUT2D eigenvalue weighted by atomic mass is 9.97. The largest absolute Gasteiger partial charge is 0.472 e. The van der Waals surface area contributed by atoms with Crippen molar-refractivity contribution in [3.8, 4) is 16.9 Å². The second kappa shape index (κ2) is 6.78. The first-order valence-electron chi connectivity index (χ1n) is 9.40. The topological polar surface area (TPSA) is 42.7 Å². The molecule has 1 aliphatic rings. The SMILES string of the molecule is Cc1c2c(cc3c(-c4ccccc4)cc(=O)oc13)CN(c1ccccc1F)CO2. The average Bonchev–Trinajstić information content (AvgIpc) is 2.75. The van der Waals surface area contributed by atoms with Crippen LogP contribution in [0.3, 0.4) is 0 Å². The van der Waals surface area contributed by atoms with Gasteiger partial charge in [0, 0.05) is 29.1 Å². The molecular weight excluding hydrogens is 369 g/mol. The van der Waals surface area contributed by atoms with Crippen LogP contribution in [0.4, 0.5) is 10.1 Å². The van der Waals surface area contributed by atoms with Crippen LogP contribution in [0.1, 0.15) is 11.1 Å². The standard InChI is InChI=1S/C24H18FNO3/c1-15-23-17(13-26(14-28-23)21-10-6-5-9-20(21)25)11-19-18(12-22(27)29-24(15)19)16-7-3-2-4-8-16/h2-12H,13-14H2,1H3. The van der Waals surface area contributed by atoms with Gasteiger partial charge < -0.3 is 14.1 Å². The molecular formula is C24H18FNO3. The van der Waals surface area contributed by atoms with E-state index in [-0.39, 0.29) is 12.5 Å². The van der Waals surface area contributed by atoms with Crippen LogP contribution in [0.15, 0.2) is 75.9 Å². The van der Waals surface area contributed by atoms with Crippen molar-refractivity contribution in [2.75, 3.05) is 11.6 Å². The third kappa shape index (κ3) is 2.95. The zero-order valence-corrected chi connectivity index (χ0v) is 15.8. The molecule has 0 fully saturated rings. The molecule has 0 saturated heterocycles. The van der Waals surface area contributed by atoms with E-state index in [2.05, 4.69) is 0 Å². The number of ether oxygens (including phenoxy) is 1. The molecule has 0 radical (unpaired) electrons. The Bertz CT molecular complexity index is 1280. The van der Waals surface area contributed by atoms with Crippen LogP contribution in [-0.4, -0.2) is 6.73 Å². The molecule has 4 aromatic rings. The highest BCUT2D eigenvalue weighted by atomic mass is 19.1. The molecule has 0 atom stereocenters. The zero-order chi connectivity index (χ0) is 20.0. The molecule has 0 spiro atoms. The van der Waals surface area contributed by atoms with Gasteiger partial charge in [-0.1, -0.05) is 42.5 Å². The van der Waals surface area contributed by atoms with Crippen LogP contribution in [0.5, 0.6) is 5.75 Å². The molecule has 0 bridgehead atoms. The van der Waals surface area contributed by atoms with E-state index in [0.29, 0.717) is 23.6 Å². The van der Waals surface area contributed by atoms with Gasteiger partial charge in [-0.05, 0) is 36.2 Å². The van der Waals surface area contributed by atoms with Crippen molar-refractivity contribution < 1.29 is 13.5 Å². The van der Waals surface area contributed by atoms with Gasteiger partial charge in [-0.2, -0.15) is 0 Å². The number of nitrogens with zero attached hydrogens (tertiary/aromatic N) is 1. The minimum absolute atomic E-state index is 0.225. The van der Waals surface area contributed by atoms with Gasteiger partial charge in [-0.15, -0.1) is 0 Å². The molecule has 2 heterocycles. The fourth-order valence-corrected chi connectivity index (χ4v) is 3.94. The minimum Gasteiger partial charge on any atom is -0.472 e. The predicted octanol–water partition coefficient (Wildman–Crippen LogP) is 5.26. The maximum atomic E-state index is 14.3. The predicted molar refractivity (Wildman–Crippen MR) is 111 cm³/mol. The van der Waals surface area contributed by atoms with Crippen molar-refractivity contribution in [3.05, 3.63) is 94.1 Å². The van der Waals surface area contributed by atoms with Crippen LogP contribution in [-0.2, 0) is 6.54 Å². The van der Waals surface area contributed by atoms with Crippen LogP contribution in [0.2, 0.25) is 0 Å². The lowest BCUT2D eigenvalue weighted by molar-refractivity contribution is 0.286. The van der Waals surface area contributed by atoms with Crippen LogP contribution in [0.25, 0.3) is 22.1 Å². The molecule has 0 unspecified atom stereocenters. The Morgan fingerprint density at radius 3 is 2.55 bits per heavy atom. The summed E-state index contributed by atoms with van der Waals surface area (Å²) in [6.45, 7) is 2.61. The van der Waals surface area contributed by atoms with Gasteiger partial charge in [-0.25, -0.2) is 9.18 Å². The van der Waals surface area contributed by atoms with E-state index in [9.17, 15) is 9.18 Å². The molecule has 3 aromatic carbocycles. The Kier molecular flexibility index (Phi) is 4.09. The van der Waals surface area contributed by atoms with E-state index >= 15 is 0 Å². The van der Waals surface area contributed by atoms with Crippen molar-refractivity contribution in [2.24, 2.45) is 0 Å². The number of rotatable bonds is 2. The third-order valence-corrected chi connectivity index (χ3v) is 5.29. The van der Waals surface area contributed by atoms with E-state index in [1.165, 1.54) is 12.1 Å². The van der Waals surface area contributed by atoms with Crippen molar-refractivity contribution >= 4 is 16.7 Å². The smallest absolute Gasteiger partial charge is 0.336 e. The molecule has 5 heteroatoms. The van der Waals surface area contributed by atoms with Crippen LogP contribution < -0.4 is 15.3 Å². The molecule has 144 valence electrons. The van der Waals surface area contributed by atoms with E-state index in [0.717, 1.165) is 27.6 Å². The number of para-hydroxylation sites is 1. The lowest BCUT2D eigenvalue weighted by Crippen LogP contribution is -2.32. The Morgan fingerprint density at radius 2 is 1.76 bits per heavy atom. The highest BCUT2D eigenvalue weighted by Crippen LogP contribution is 2.39. The molecule has 1 aromatic heterocycles. The molecule has 0 amide bonds. The molecule has 4 nitrogen and oxygen atoms in total. The monoisotopic (exact) mass is 387 g/mol. The summed E-state index contributed by atoms with van der Waals surface area (Å²) in [6.07, 6.45) is 0. The zero-order valence-electron chi connectivity index (χ0n) is 15.8. The number of hydrogen-bond donors (Lipinski definition) is 0. The minimum atomic E-state index is -0.400. The van der Waals surface area contributed by atoms with E-state index in [1.807, 2.05) is 54.3 Å². The van der Waals surface area contributed by atoms with Crippen molar-refractivity contribution in [2.45, 2.75) is 13.5 Å². The number of benzene rings is 3. The number of anilines is 1. The van der Waals surface area contributed by atoms with E-state index < -0.39 is 5.63 Å². The fourth-order valence-electron chi connectivity index (χ4n) is 3.94. The number of fused-ring (bicyclic) bond motifs is 2. The quantitative estimate of drug-likeness (QED) is 0.440. The second-order valence-corrected chi connectivity index (χ2v) is 7.13. The Morgan fingerprint density at radius 1 is 1.00 bits per heavy atom. The highest BCUT2D eigenvalue weighted by molar-refractivity contribution is 5.96. The Balaban J connectivity index is 1.69. The van der Waals surface area contributed by atoms with E-state index in [4.69, 9.17) is 9.15 Å². The second-order valence-electron chi connectivity index (χ2n) is 7.13. The first-order valence-corrected chi connectivity index (χ1v) is 9.40. The molecule has 0 aliphatic carbocycles. The molecule has 29 heavy (non-hydrogen) atoms. The summed E-state index contributed by atoms with van der Waals surface area (Å²) in [6, 6.07) is 19.9. The van der Waals surface area contributed by atoms with Gasteiger partial charge in [0.2, 0.25) is 0 Å². The van der Waals surface area contributed by atoms with Gasteiger partial charge in [0.25, 0.3) is 0 Å². The fraction of sp³-hybridized carbons (Fsp3) is 0.125. The van der Waals surface area contributed by atoms with Gasteiger partial charge in [0.1, 0.15) is 17.1 Å². The van der Waals surface area contributed by atoms with Gasteiger partial charge >= 0.3 is 5.63 Å². The lowest BCUT2D eigenvalue weighted by Gasteiger charge is -2.32. The maximum Gasteiger partial charge on any atom is 0.336 e. The van der Waals surface area contributed by atoms with Gasteiger partial charge in [0.15, 0.2) is 6.73 Å². The number of aryl methyl sites for hydroxylation is 1. The Labute approximate surface area is 166 Å². The third-order valence-electron chi connectivity index (χ3n) is 5.29. The Hall–Kier alpha value is -3.60. The summed E-state index contributed by atoms with van der Waals surface area (Å²) in [5.74, 6) is 0.409. The van der Waals surface area contributed by atoms with Crippen molar-refractivity contribution in [3.63, 3.8) is 0 Å². The van der Waals surface area contributed by atoms with Crippen LogP contribution in [0, 0.1) is 12.7 Å². The molecule has 0 N–H and O–H groups in total. The summed E-state index contributed by atoms with van der Waals surface area (Å²) in [4.78, 5) is 14.1. The van der Waals surface area contributed by atoms with E-state index in [1.54, 1.807) is 12.1 Å². The summed E-state index contributed by atoms with van der Waals surface area (Å²) >= 11 is 0. The highest BCUT2D eigenvalue weighted by Gasteiger charge is 2.24. The maximum absolute atomic E-state index is 14.3. The normalized spacial score (nSPS) is 13.2. The summed E-state index contributed by atoms with van der Waals surface area (Å²) in [5.41, 5.74) is 4.07. The molecule has 5 rings (SSSR count). The van der Waals surface area contributed by atoms with Crippen molar-refractivity contribution in [1.82, 2.24) is 0 Å². The van der Waals surface area contributed by atoms with Crippen LogP contribution >= 0.6 is 0 Å². The average molecular weight is 387 g/mol. The van der Waals surface area contributed by atoms with Gasteiger partial charge in [0.05, 0.1) is 5.69 Å². The van der Waals surface area contributed by atoms with Crippen molar-refractivity contribution in [1.29, 1.82) is 0 Å². The summed E-state index contributed by atoms with van der Waals surface area (Å²) in [5, 5.41) is 0.839. The molecule has 0 saturated carbocycles. The number of hydrogen-bond acceptors (Lipinski definition) is 4. The first-order chi connectivity index (χ1) is 14.1. The molecule has 1 aliphatic heterocycles.